The van der Waals surface area contributed by atoms with Crippen LogP contribution in [-0.4, -0.2) is 25.1 Å². The highest BCUT2D eigenvalue weighted by atomic mass is 35.5. The van der Waals surface area contributed by atoms with Gasteiger partial charge in [0.1, 0.15) is 22.8 Å². The molecule has 0 bridgehead atoms. The van der Waals surface area contributed by atoms with Gasteiger partial charge in [0, 0.05) is 22.5 Å². The molecule has 0 radical (unpaired) electrons. The molecule has 9 heteroatoms. The minimum atomic E-state index is -1.71. The molecule has 3 aromatic carbocycles. The molecule has 1 heterocycles. The number of anilines is 1. The quantitative estimate of drug-likeness (QED) is 0.281. The van der Waals surface area contributed by atoms with Gasteiger partial charge in [-0.25, -0.2) is 8.78 Å². The van der Waals surface area contributed by atoms with E-state index < -0.39 is 41.0 Å². The summed E-state index contributed by atoms with van der Waals surface area (Å²) >= 11 is 12.3. The number of nitriles is 1. The van der Waals surface area contributed by atoms with E-state index in [0.29, 0.717) is 17.9 Å². The fourth-order valence-electron chi connectivity index (χ4n) is 5.94. The average Bonchev–Trinajstić information content (AvgIpc) is 3.23. The number of hydrogen-bond acceptors (Lipinski definition) is 4. The van der Waals surface area contributed by atoms with Crippen molar-refractivity contribution in [3.8, 4) is 11.8 Å². The number of benzene rings is 3. The van der Waals surface area contributed by atoms with Crippen molar-refractivity contribution in [1.29, 1.82) is 5.26 Å². The van der Waals surface area contributed by atoms with Crippen LogP contribution in [0.25, 0.3) is 0 Å². The predicted molar refractivity (Wildman–Crippen MR) is 163 cm³/mol. The number of amides is 1. The van der Waals surface area contributed by atoms with E-state index in [-0.39, 0.29) is 32.5 Å². The summed E-state index contributed by atoms with van der Waals surface area (Å²) in [5.41, 5.74) is -0.560. The maximum Gasteiger partial charge on any atom is 0.242 e. The molecule has 42 heavy (non-hydrogen) atoms. The van der Waals surface area contributed by atoms with Crippen molar-refractivity contribution in [3.05, 3.63) is 93.0 Å². The molecule has 4 rings (SSSR count). The van der Waals surface area contributed by atoms with Crippen LogP contribution in [0.1, 0.15) is 69.6 Å². The number of nitrogens with zero attached hydrogens (tertiary/aromatic N) is 1. The minimum Gasteiger partial charge on any atom is -0.495 e. The lowest BCUT2D eigenvalue weighted by atomic mass is 9.62. The van der Waals surface area contributed by atoms with Crippen LogP contribution in [-0.2, 0) is 10.2 Å². The van der Waals surface area contributed by atoms with E-state index in [4.69, 9.17) is 27.9 Å². The first kappa shape index (κ1) is 31.7. The van der Waals surface area contributed by atoms with E-state index in [1.165, 1.54) is 31.4 Å². The first-order valence-electron chi connectivity index (χ1n) is 13.8. The maximum atomic E-state index is 15.8. The van der Waals surface area contributed by atoms with Gasteiger partial charge >= 0.3 is 0 Å². The number of carbonyl (C=O) groups is 1. The van der Waals surface area contributed by atoms with Crippen molar-refractivity contribution < 1.29 is 18.3 Å². The summed E-state index contributed by atoms with van der Waals surface area (Å²) in [4.78, 5) is 14.2. The molecule has 0 saturated carbocycles. The Bertz CT molecular complexity index is 1530. The molecule has 1 amide bonds. The molecule has 2 N–H and O–H groups in total. The second-order valence-electron chi connectivity index (χ2n) is 12.3. The predicted octanol–water partition coefficient (Wildman–Crippen LogP) is 8.36. The number of rotatable bonds is 7. The molecule has 4 atom stereocenters. The first-order valence-corrected chi connectivity index (χ1v) is 14.5. The Morgan fingerprint density at radius 3 is 2.45 bits per heavy atom. The fraction of sp³-hybridized carbons (Fsp3) is 0.394. The van der Waals surface area contributed by atoms with Crippen molar-refractivity contribution >= 4 is 34.8 Å². The summed E-state index contributed by atoms with van der Waals surface area (Å²) in [5, 5.41) is 17.2. The zero-order chi connectivity index (χ0) is 31.0. The topological polar surface area (TPSA) is 74.2 Å². The van der Waals surface area contributed by atoms with Gasteiger partial charge in [-0.05, 0) is 59.2 Å². The molecule has 0 unspecified atom stereocenters. The Balaban J connectivity index is 1.94. The summed E-state index contributed by atoms with van der Waals surface area (Å²) < 4.78 is 37.2. The van der Waals surface area contributed by atoms with Gasteiger partial charge in [-0.15, -0.1) is 0 Å². The van der Waals surface area contributed by atoms with Crippen LogP contribution in [0.2, 0.25) is 10.0 Å². The van der Waals surface area contributed by atoms with Gasteiger partial charge < -0.3 is 15.4 Å². The van der Waals surface area contributed by atoms with E-state index in [9.17, 15) is 10.1 Å². The molecule has 0 spiro atoms. The first-order chi connectivity index (χ1) is 19.7. The summed E-state index contributed by atoms with van der Waals surface area (Å²) in [6.07, 6.45) is 0.373. The lowest BCUT2D eigenvalue weighted by Gasteiger charge is -2.37. The molecule has 222 valence electrons. The molecule has 0 aliphatic carbocycles. The zero-order valence-electron chi connectivity index (χ0n) is 24.5. The van der Waals surface area contributed by atoms with Crippen molar-refractivity contribution in [2.45, 2.75) is 70.4 Å². The molecular formula is C33H35Cl2F2N3O2. The van der Waals surface area contributed by atoms with Crippen molar-refractivity contribution in [3.63, 3.8) is 0 Å². The molecule has 0 aromatic heterocycles. The van der Waals surface area contributed by atoms with E-state index in [2.05, 4.69) is 16.7 Å². The number of nitrogens with one attached hydrogen (secondary N) is 2. The zero-order valence-corrected chi connectivity index (χ0v) is 26.0. The lowest BCUT2D eigenvalue weighted by molar-refractivity contribution is -0.118. The van der Waals surface area contributed by atoms with Crippen LogP contribution in [0.4, 0.5) is 14.5 Å². The number of methoxy groups -OCH3 is 1. The van der Waals surface area contributed by atoms with Gasteiger partial charge in [0.05, 0.1) is 29.9 Å². The van der Waals surface area contributed by atoms with Crippen LogP contribution in [0.5, 0.6) is 5.75 Å². The van der Waals surface area contributed by atoms with Gasteiger partial charge in [-0.1, -0.05) is 82.1 Å². The second-order valence-corrected chi connectivity index (χ2v) is 13.1. The molecule has 1 aliphatic rings. The monoisotopic (exact) mass is 613 g/mol. The SMILES string of the molecule is COc1cc(C(C)C)ccc1NC(=O)[C@@H]1N[C@@H](CC(C)(C)C)[C@](C#N)(c2ccc(Cl)cc2F)[C@H]1c1cccc(Cl)c1F. The van der Waals surface area contributed by atoms with Crippen LogP contribution in [0, 0.1) is 28.4 Å². The van der Waals surface area contributed by atoms with E-state index in [0.717, 1.165) is 11.6 Å². The van der Waals surface area contributed by atoms with E-state index in [1.807, 2.05) is 46.8 Å². The smallest absolute Gasteiger partial charge is 0.242 e. The van der Waals surface area contributed by atoms with Gasteiger partial charge in [0.2, 0.25) is 5.91 Å². The summed E-state index contributed by atoms with van der Waals surface area (Å²) in [6, 6.07) is 14.5. The summed E-state index contributed by atoms with van der Waals surface area (Å²) in [5.74, 6) is -2.48. The third-order valence-corrected chi connectivity index (χ3v) is 8.41. The standard InChI is InChI=1S/C33H35Cl2F2N3O2/c1-18(2)19-10-13-25(26(14-19)42-6)39-31(41)30-28(21-8-7-9-23(35)29(21)37)33(17-38,27(40-30)16-32(3,4)5)22-12-11-20(34)15-24(22)36/h7-15,18,27-28,30,40H,16H2,1-6H3,(H,39,41)/t27-,28-,30+,33-/m0/s1. The molecule has 1 fully saturated rings. The van der Waals surface area contributed by atoms with Crippen LogP contribution < -0.4 is 15.4 Å². The van der Waals surface area contributed by atoms with Crippen molar-refractivity contribution in [1.82, 2.24) is 5.32 Å². The average molecular weight is 615 g/mol. The van der Waals surface area contributed by atoms with Crippen molar-refractivity contribution in [2.24, 2.45) is 5.41 Å². The third kappa shape index (κ3) is 5.99. The maximum absolute atomic E-state index is 15.8. The van der Waals surface area contributed by atoms with E-state index >= 15 is 8.78 Å². The Morgan fingerprint density at radius 1 is 1.14 bits per heavy atom. The Hall–Kier alpha value is -3.18. The molecule has 5 nitrogen and oxygen atoms in total. The highest BCUT2D eigenvalue weighted by molar-refractivity contribution is 6.31. The number of ether oxygens (including phenoxy) is 1. The Morgan fingerprint density at radius 2 is 1.86 bits per heavy atom. The van der Waals surface area contributed by atoms with E-state index in [1.54, 1.807) is 12.1 Å². The molecule has 1 saturated heterocycles. The molecular weight excluding hydrogens is 579 g/mol. The number of carbonyl (C=O) groups excluding carboxylic acids is 1. The van der Waals surface area contributed by atoms with Gasteiger partial charge in [-0.2, -0.15) is 5.26 Å². The lowest BCUT2D eigenvalue weighted by Crippen LogP contribution is -2.45. The van der Waals surface area contributed by atoms with Crippen LogP contribution >= 0.6 is 23.2 Å². The molecule has 1 aliphatic heterocycles. The third-order valence-electron chi connectivity index (χ3n) is 7.88. The normalized spacial score (nSPS) is 22.2. The summed E-state index contributed by atoms with van der Waals surface area (Å²) in [7, 11) is 1.51. The van der Waals surface area contributed by atoms with Crippen LogP contribution in [0.3, 0.4) is 0 Å². The highest BCUT2D eigenvalue weighted by Crippen LogP contribution is 2.53. The highest BCUT2D eigenvalue weighted by Gasteiger charge is 2.61. The summed E-state index contributed by atoms with van der Waals surface area (Å²) in [6.45, 7) is 10.0. The molecule has 3 aromatic rings. The van der Waals surface area contributed by atoms with Crippen molar-refractivity contribution in [2.75, 3.05) is 12.4 Å². The van der Waals surface area contributed by atoms with Gasteiger partial charge in [0.25, 0.3) is 0 Å². The minimum absolute atomic E-state index is 0.0229. The number of halogens is 4. The second kappa shape index (κ2) is 12.2. The van der Waals surface area contributed by atoms with Gasteiger partial charge in [-0.3, -0.25) is 4.79 Å². The fourth-order valence-corrected chi connectivity index (χ4v) is 6.28. The van der Waals surface area contributed by atoms with Gasteiger partial charge in [0.15, 0.2) is 0 Å². The Labute approximate surface area is 256 Å². The number of hydrogen-bond donors (Lipinski definition) is 2. The Kier molecular flexibility index (Phi) is 9.22. The largest absolute Gasteiger partial charge is 0.495 e. The van der Waals surface area contributed by atoms with Crippen LogP contribution in [0.15, 0.2) is 54.6 Å².